The van der Waals surface area contributed by atoms with Crippen molar-refractivity contribution >= 4 is 16.8 Å². The molecule has 0 spiro atoms. The number of fused-ring (bicyclic) bond motifs is 1. The van der Waals surface area contributed by atoms with Crippen LogP contribution in [0, 0.1) is 24.4 Å². The van der Waals surface area contributed by atoms with Gasteiger partial charge in [0.25, 0.3) is 0 Å². The van der Waals surface area contributed by atoms with Gasteiger partial charge in [-0.25, -0.2) is 13.2 Å². The van der Waals surface area contributed by atoms with Crippen LogP contribution in [0.2, 0.25) is 0 Å². The maximum Gasteiger partial charge on any atom is 0.225 e. The summed E-state index contributed by atoms with van der Waals surface area (Å²) >= 11 is 0. The van der Waals surface area contributed by atoms with E-state index in [1.54, 1.807) is 18.5 Å². The van der Waals surface area contributed by atoms with Crippen LogP contribution in [-0.4, -0.2) is 15.9 Å². The van der Waals surface area contributed by atoms with Gasteiger partial charge >= 0.3 is 0 Å². The summed E-state index contributed by atoms with van der Waals surface area (Å²) in [5.41, 5.74) is 5.12. The van der Waals surface area contributed by atoms with E-state index < -0.39 is 23.5 Å². The molecule has 0 saturated heterocycles. The number of amides is 1. The second kappa shape index (κ2) is 10.3. The van der Waals surface area contributed by atoms with E-state index in [1.165, 1.54) is 24.3 Å². The monoisotopic (exact) mass is 499 g/mol. The molecule has 37 heavy (non-hydrogen) atoms. The number of nitrogens with one attached hydrogen (secondary N) is 2. The Morgan fingerprint density at radius 1 is 0.946 bits per heavy atom. The highest BCUT2D eigenvalue weighted by Crippen LogP contribution is 2.30. The molecule has 0 fully saturated rings. The predicted molar refractivity (Wildman–Crippen MR) is 137 cm³/mol. The van der Waals surface area contributed by atoms with Gasteiger partial charge in [-0.2, -0.15) is 0 Å². The third kappa shape index (κ3) is 5.56. The minimum Gasteiger partial charge on any atom is -0.361 e. The number of hydrogen-bond acceptors (Lipinski definition) is 2. The zero-order chi connectivity index (χ0) is 25.9. The Morgan fingerprint density at radius 3 is 2.54 bits per heavy atom. The first-order chi connectivity index (χ1) is 17.9. The van der Waals surface area contributed by atoms with Crippen molar-refractivity contribution < 1.29 is 18.0 Å². The summed E-state index contributed by atoms with van der Waals surface area (Å²) < 4.78 is 41.8. The van der Waals surface area contributed by atoms with Gasteiger partial charge in [0.2, 0.25) is 5.91 Å². The average molecular weight is 500 g/mol. The molecule has 0 saturated carbocycles. The number of carbonyl (C=O) groups is 1. The molecule has 2 N–H and O–H groups in total. The molecule has 0 aliphatic rings. The van der Waals surface area contributed by atoms with Gasteiger partial charge in [0, 0.05) is 34.9 Å². The van der Waals surface area contributed by atoms with Crippen molar-refractivity contribution in [2.75, 3.05) is 0 Å². The van der Waals surface area contributed by atoms with Crippen LogP contribution >= 0.6 is 0 Å². The lowest BCUT2D eigenvalue weighted by Gasteiger charge is -2.22. The Balaban J connectivity index is 1.50. The number of pyridine rings is 1. The minimum absolute atomic E-state index is 0.00984. The number of nitrogens with zero attached hydrogens (tertiary/aromatic N) is 1. The van der Waals surface area contributed by atoms with E-state index in [-0.39, 0.29) is 18.7 Å². The molecule has 186 valence electrons. The number of hydrogen-bond donors (Lipinski definition) is 2. The Morgan fingerprint density at radius 2 is 1.76 bits per heavy atom. The van der Waals surface area contributed by atoms with E-state index in [0.717, 1.165) is 28.3 Å². The smallest absolute Gasteiger partial charge is 0.225 e. The molecule has 5 rings (SSSR count). The third-order valence-electron chi connectivity index (χ3n) is 6.28. The van der Waals surface area contributed by atoms with Crippen LogP contribution in [0.3, 0.4) is 0 Å². The number of aromatic amines is 1. The fourth-order valence-electron chi connectivity index (χ4n) is 4.65. The van der Waals surface area contributed by atoms with Gasteiger partial charge in [-0.05, 0) is 66.4 Å². The molecule has 7 heteroatoms. The van der Waals surface area contributed by atoms with Crippen molar-refractivity contribution in [3.63, 3.8) is 0 Å². The molecule has 0 radical (unpaired) electrons. The number of halogens is 3. The molecule has 1 amide bonds. The lowest BCUT2D eigenvalue weighted by atomic mass is 9.94. The van der Waals surface area contributed by atoms with Crippen molar-refractivity contribution in [2.24, 2.45) is 0 Å². The summed E-state index contributed by atoms with van der Waals surface area (Å²) in [5.74, 6) is -2.11. The summed E-state index contributed by atoms with van der Waals surface area (Å²) in [7, 11) is 0. The molecule has 0 bridgehead atoms. The van der Waals surface area contributed by atoms with Gasteiger partial charge in [-0.15, -0.1) is 0 Å². The highest BCUT2D eigenvalue weighted by molar-refractivity contribution is 5.89. The molecule has 5 aromatic rings. The SMILES string of the molecule is Cc1cccc(-c2cccnc2C(Cc2cc(F)cc(F)c2)NC(=O)Cc2c[nH]c3ccc(F)cc23)c1. The van der Waals surface area contributed by atoms with Gasteiger partial charge in [0.15, 0.2) is 0 Å². The predicted octanol–water partition coefficient (Wildman–Crippen LogP) is 6.60. The fourth-order valence-corrected chi connectivity index (χ4v) is 4.65. The lowest BCUT2D eigenvalue weighted by Crippen LogP contribution is -2.32. The number of H-pyrrole nitrogens is 1. The molecular weight excluding hydrogens is 475 g/mol. The van der Waals surface area contributed by atoms with Crippen molar-refractivity contribution in [3.8, 4) is 11.1 Å². The molecule has 3 aromatic carbocycles. The number of benzene rings is 3. The zero-order valence-corrected chi connectivity index (χ0v) is 20.1. The summed E-state index contributed by atoms with van der Waals surface area (Å²) in [5, 5.41) is 3.63. The van der Waals surface area contributed by atoms with E-state index >= 15 is 0 Å². The second-order valence-corrected chi connectivity index (χ2v) is 9.09. The summed E-state index contributed by atoms with van der Waals surface area (Å²) in [6.45, 7) is 1.98. The molecule has 1 unspecified atom stereocenters. The van der Waals surface area contributed by atoms with E-state index in [2.05, 4.69) is 15.3 Å². The molecule has 2 aromatic heterocycles. The molecule has 1 atom stereocenters. The summed E-state index contributed by atoms with van der Waals surface area (Å²) in [4.78, 5) is 20.9. The first-order valence-corrected chi connectivity index (χ1v) is 11.9. The second-order valence-electron chi connectivity index (χ2n) is 9.09. The van der Waals surface area contributed by atoms with Gasteiger partial charge in [0.1, 0.15) is 17.5 Å². The summed E-state index contributed by atoms with van der Waals surface area (Å²) in [6.07, 6.45) is 3.42. The van der Waals surface area contributed by atoms with Crippen LogP contribution in [0.4, 0.5) is 13.2 Å². The molecule has 4 nitrogen and oxygen atoms in total. The van der Waals surface area contributed by atoms with Crippen LogP contribution < -0.4 is 5.32 Å². The number of carbonyl (C=O) groups excluding carboxylic acids is 1. The highest BCUT2D eigenvalue weighted by atomic mass is 19.1. The van der Waals surface area contributed by atoms with Crippen LogP contribution in [0.5, 0.6) is 0 Å². The normalized spacial score (nSPS) is 12.0. The molecule has 0 aliphatic heterocycles. The minimum atomic E-state index is -0.694. The Hall–Kier alpha value is -4.39. The Kier molecular flexibility index (Phi) is 6.77. The van der Waals surface area contributed by atoms with Gasteiger partial charge in [-0.1, -0.05) is 35.9 Å². The fraction of sp³-hybridized carbons (Fsp3) is 0.133. The quantitative estimate of drug-likeness (QED) is 0.265. The van der Waals surface area contributed by atoms with Crippen molar-refractivity contribution in [1.29, 1.82) is 0 Å². The first-order valence-electron chi connectivity index (χ1n) is 11.9. The zero-order valence-electron chi connectivity index (χ0n) is 20.1. The number of aromatic nitrogens is 2. The van der Waals surface area contributed by atoms with Crippen molar-refractivity contribution in [2.45, 2.75) is 25.8 Å². The summed E-state index contributed by atoms with van der Waals surface area (Å²) in [6, 6.07) is 18.6. The average Bonchev–Trinajstić information content (AvgIpc) is 3.24. The molecule has 2 heterocycles. The van der Waals surface area contributed by atoms with Crippen LogP contribution in [0.1, 0.15) is 28.4 Å². The maximum absolute atomic E-state index is 14.0. The van der Waals surface area contributed by atoms with Gasteiger partial charge in [-0.3, -0.25) is 9.78 Å². The Bertz CT molecular complexity index is 1570. The highest BCUT2D eigenvalue weighted by Gasteiger charge is 2.22. The van der Waals surface area contributed by atoms with E-state index in [4.69, 9.17) is 0 Å². The lowest BCUT2D eigenvalue weighted by molar-refractivity contribution is -0.121. The number of rotatable bonds is 7. The van der Waals surface area contributed by atoms with Gasteiger partial charge < -0.3 is 10.3 Å². The van der Waals surface area contributed by atoms with Crippen molar-refractivity contribution in [3.05, 3.63) is 125 Å². The van der Waals surface area contributed by atoms with Crippen LogP contribution in [-0.2, 0) is 17.6 Å². The molecule has 0 aliphatic carbocycles. The maximum atomic E-state index is 14.0. The topological polar surface area (TPSA) is 57.8 Å². The largest absolute Gasteiger partial charge is 0.361 e. The Labute approximate surface area is 212 Å². The van der Waals surface area contributed by atoms with Crippen LogP contribution in [0.25, 0.3) is 22.0 Å². The van der Waals surface area contributed by atoms with Crippen molar-refractivity contribution in [1.82, 2.24) is 15.3 Å². The van der Waals surface area contributed by atoms with E-state index in [9.17, 15) is 18.0 Å². The first kappa shape index (κ1) is 24.3. The molecular formula is C30H24F3N3O. The van der Waals surface area contributed by atoms with E-state index in [0.29, 0.717) is 22.2 Å². The standard InChI is InChI=1S/C30H24F3N3O/c1-18-4-2-5-20(10-18)25-6-3-9-34-30(25)28(13-19-11-23(32)15-24(33)12-19)36-29(37)14-21-17-35-27-8-7-22(31)16-26(21)27/h2-12,15-17,28,35H,13-14H2,1H3,(H,36,37). The van der Waals surface area contributed by atoms with Gasteiger partial charge in [0.05, 0.1) is 18.2 Å². The van der Waals surface area contributed by atoms with Crippen LogP contribution in [0.15, 0.2) is 85.2 Å². The number of aryl methyl sites for hydroxylation is 1. The third-order valence-corrected chi connectivity index (χ3v) is 6.28. The van der Waals surface area contributed by atoms with E-state index in [1.807, 2.05) is 43.3 Å².